The largest absolute Gasteiger partial charge is 0.337 e. The molecule has 0 aliphatic carbocycles. The Balaban J connectivity index is 1.80. The lowest BCUT2D eigenvalue weighted by Crippen LogP contribution is -1.98. The van der Waals surface area contributed by atoms with E-state index in [2.05, 4.69) is 21.5 Å². The Hall–Kier alpha value is -3.82. The van der Waals surface area contributed by atoms with E-state index in [4.69, 9.17) is 16.6 Å². The van der Waals surface area contributed by atoms with E-state index in [1.165, 1.54) is 0 Å². The normalized spacial score (nSPS) is 11.0. The molecule has 7 heteroatoms. The first kappa shape index (κ1) is 16.4. The Morgan fingerprint density at radius 2 is 1.89 bits per heavy atom. The van der Waals surface area contributed by atoms with Crippen LogP contribution in [-0.4, -0.2) is 19.6 Å². The van der Waals surface area contributed by atoms with E-state index >= 15 is 0 Å². The molecule has 0 unspecified atom stereocenters. The van der Waals surface area contributed by atoms with Crippen molar-refractivity contribution in [2.75, 3.05) is 5.32 Å². The van der Waals surface area contributed by atoms with Gasteiger partial charge in [-0.1, -0.05) is 41.9 Å². The smallest absolute Gasteiger partial charge is 0.173 e. The average Bonchev–Trinajstić information content (AvgIpc) is 3.29. The van der Waals surface area contributed by atoms with Gasteiger partial charge in [-0.2, -0.15) is 5.26 Å². The Labute approximate surface area is 165 Å². The molecule has 0 fully saturated rings. The second-order valence-corrected chi connectivity index (χ2v) is 6.65. The SMILES string of the molecule is N#Cc1c[nH]n2c(Nc3ccccc3Cl)c(-c3ccnc4ccccc34)nc12. The van der Waals surface area contributed by atoms with Crippen LogP contribution in [0.4, 0.5) is 11.5 Å². The Bertz CT molecular complexity index is 1370. The number of hydrogen-bond acceptors (Lipinski definition) is 4. The highest BCUT2D eigenvalue weighted by atomic mass is 35.5. The third-order valence-electron chi connectivity index (χ3n) is 4.61. The fourth-order valence-corrected chi connectivity index (χ4v) is 3.48. The minimum atomic E-state index is 0.465. The monoisotopic (exact) mass is 384 g/mol. The molecule has 0 atom stereocenters. The van der Waals surface area contributed by atoms with Crippen molar-refractivity contribution < 1.29 is 0 Å². The quantitative estimate of drug-likeness (QED) is 0.451. The molecular formula is C21H13ClN6. The van der Waals surface area contributed by atoms with Gasteiger partial charge in [0.2, 0.25) is 0 Å². The third kappa shape index (κ3) is 2.49. The van der Waals surface area contributed by atoms with Crippen LogP contribution in [0.15, 0.2) is 67.0 Å². The van der Waals surface area contributed by atoms with Gasteiger partial charge < -0.3 is 5.32 Å². The number of hydrogen-bond donors (Lipinski definition) is 2. The Kier molecular flexibility index (Phi) is 3.75. The molecule has 3 heterocycles. The van der Waals surface area contributed by atoms with Gasteiger partial charge in [0, 0.05) is 23.3 Å². The van der Waals surface area contributed by atoms with Crippen LogP contribution in [0.1, 0.15) is 5.56 Å². The van der Waals surface area contributed by atoms with Crippen LogP contribution < -0.4 is 5.32 Å². The van der Waals surface area contributed by atoms with Gasteiger partial charge in [0.25, 0.3) is 0 Å². The maximum Gasteiger partial charge on any atom is 0.173 e. The molecule has 2 N–H and O–H groups in total. The highest BCUT2D eigenvalue weighted by Gasteiger charge is 2.20. The summed E-state index contributed by atoms with van der Waals surface area (Å²) in [5.41, 5.74) is 4.27. The van der Waals surface area contributed by atoms with E-state index in [9.17, 15) is 5.26 Å². The topological polar surface area (TPSA) is 81.8 Å². The lowest BCUT2D eigenvalue weighted by Gasteiger charge is -2.10. The van der Waals surface area contributed by atoms with Crippen LogP contribution in [0.5, 0.6) is 0 Å². The van der Waals surface area contributed by atoms with E-state index < -0.39 is 0 Å². The summed E-state index contributed by atoms with van der Waals surface area (Å²) in [6.07, 6.45) is 3.39. The fourth-order valence-electron chi connectivity index (χ4n) is 3.30. The highest BCUT2D eigenvalue weighted by molar-refractivity contribution is 6.33. The molecule has 0 aliphatic rings. The number of para-hydroxylation sites is 2. The predicted molar refractivity (Wildman–Crippen MR) is 110 cm³/mol. The number of aromatic nitrogens is 4. The van der Waals surface area contributed by atoms with Crippen LogP contribution in [0.2, 0.25) is 5.02 Å². The van der Waals surface area contributed by atoms with E-state index in [1.807, 2.05) is 54.6 Å². The van der Waals surface area contributed by atoms with Gasteiger partial charge in [-0.05, 0) is 24.3 Å². The number of nitriles is 1. The van der Waals surface area contributed by atoms with Crippen molar-refractivity contribution in [1.29, 1.82) is 5.26 Å². The number of aromatic amines is 1. The van der Waals surface area contributed by atoms with Crippen molar-refractivity contribution in [2.45, 2.75) is 0 Å². The average molecular weight is 385 g/mol. The zero-order chi connectivity index (χ0) is 19.1. The molecule has 0 radical (unpaired) electrons. The Morgan fingerprint density at radius 3 is 2.75 bits per heavy atom. The summed E-state index contributed by atoms with van der Waals surface area (Å²) in [4.78, 5) is 9.20. The van der Waals surface area contributed by atoms with Gasteiger partial charge in [-0.25, -0.2) is 9.50 Å². The fraction of sp³-hybridized carbons (Fsp3) is 0. The number of rotatable bonds is 3. The van der Waals surface area contributed by atoms with Gasteiger partial charge in [-0.3, -0.25) is 10.1 Å². The minimum Gasteiger partial charge on any atom is -0.337 e. The van der Waals surface area contributed by atoms with E-state index in [-0.39, 0.29) is 0 Å². The molecule has 5 rings (SSSR count). The molecule has 0 aliphatic heterocycles. The van der Waals surface area contributed by atoms with Crippen LogP contribution in [-0.2, 0) is 0 Å². The second kappa shape index (κ2) is 6.41. The molecular weight excluding hydrogens is 372 g/mol. The predicted octanol–water partition coefficient (Wildman–Crippen LogP) is 5.15. The maximum atomic E-state index is 9.43. The van der Waals surface area contributed by atoms with Crippen molar-refractivity contribution in [3.8, 4) is 17.3 Å². The number of H-pyrrole nitrogens is 1. The molecule has 0 amide bonds. The first-order valence-corrected chi connectivity index (χ1v) is 8.99. The summed E-state index contributed by atoms with van der Waals surface area (Å²) >= 11 is 6.35. The molecule has 2 aromatic carbocycles. The zero-order valence-corrected chi connectivity index (χ0v) is 15.3. The second-order valence-electron chi connectivity index (χ2n) is 6.25. The lowest BCUT2D eigenvalue weighted by atomic mass is 10.1. The summed E-state index contributed by atoms with van der Waals surface area (Å²) in [5, 5.41) is 17.5. The van der Waals surface area contributed by atoms with Crippen molar-refractivity contribution in [2.24, 2.45) is 0 Å². The summed E-state index contributed by atoms with van der Waals surface area (Å²) in [7, 11) is 0. The molecule has 28 heavy (non-hydrogen) atoms. The lowest BCUT2D eigenvalue weighted by molar-refractivity contribution is 0.980. The molecule has 3 aromatic heterocycles. The van der Waals surface area contributed by atoms with Crippen molar-refractivity contribution in [3.63, 3.8) is 0 Å². The molecule has 0 bridgehead atoms. The molecule has 5 aromatic rings. The zero-order valence-electron chi connectivity index (χ0n) is 14.5. The number of nitrogens with zero attached hydrogens (tertiary/aromatic N) is 4. The van der Waals surface area contributed by atoms with E-state index in [1.54, 1.807) is 16.9 Å². The van der Waals surface area contributed by atoms with Crippen molar-refractivity contribution in [3.05, 3.63) is 77.6 Å². The third-order valence-corrected chi connectivity index (χ3v) is 4.94. The van der Waals surface area contributed by atoms with Crippen molar-refractivity contribution in [1.82, 2.24) is 19.6 Å². The number of nitrogens with one attached hydrogen (secondary N) is 2. The Morgan fingerprint density at radius 1 is 1.07 bits per heavy atom. The van der Waals surface area contributed by atoms with Gasteiger partial charge in [0.15, 0.2) is 11.5 Å². The van der Waals surface area contributed by atoms with Crippen molar-refractivity contribution >= 4 is 39.7 Å². The minimum absolute atomic E-state index is 0.465. The van der Waals surface area contributed by atoms with Crippen LogP contribution in [0.3, 0.4) is 0 Å². The molecule has 0 spiro atoms. The summed E-state index contributed by atoms with van der Waals surface area (Å²) in [6, 6.07) is 19.5. The molecule has 0 saturated carbocycles. The molecule has 0 saturated heterocycles. The summed E-state index contributed by atoms with van der Waals surface area (Å²) in [6.45, 7) is 0. The molecule has 134 valence electrons. The van der Waals surface area contributed by atoms with Gasteiger partial charge in [0.05, 0.1) is 16.2 Å². The maximum absolute atomic E-state index is 9.43. The standard InChI is InChI=1S/C21H13ClN6/c22-16-6-2-4-8-18(16)26-21-19(27-20-13(11-23)12-25-28(20)21)15-9-10-24-17-7-3-1-5-14(15)17/h1-10,12,25-26H. The number of pyridine rings is 1. The number of anilines is 2. The van der Waals surface area contributed by atoms with Crippen LogP contribution in [0, 0.1) is 11.3 Å². The number of imidazole rings is 1. The number of halogens is 1. The van der Waals surface area contributed by atoms with Gasteiger partial charge in [-0.15, -0.1) is 0 Å². The number of fused-ring (bicyclic) bond motifs is 2. The first-order valence-electron chi connectivity index (χ1n) is 8.62. The van der Waals surface area contributed by atoms with Crippen LogP contribution in [0.25, 0.3) is 27.8 Å². The number of benzene rings is 2. The van der Waals surface area contributed by atoms with Gasteiger partial charge >= 0.3 is 0 Å². The highest BCUT2D eigenvalue weighted by Crippen LogP contribution is 2.36. The first-order chi connectivity index (χ1) is 13.8. The summed E-state index contributed by atoms with van der Waals surface area (Å²) < 4.78 is 1.76. The van der Waals surface area contributed by atoms with E-state index in [0.717, 1.165) is 22.2 Å². The molecule has 6 nitrogen and oxygen atoms in total. The van der Waals surface area contributed by atoms with Gasteiger partial charge in [0.1, 0.15) is 17.3 Å². The van der Waals surface area contributed by atoms with Crippen LogP contribution >= 0.6 is 11.6 Å². The van der Waals surface area contributed by atoms with E-state index in [0.29, 0.717) is 27.7 Å². The summed E-state index contributed by atoms with van der Waals surface area (Å²) in [5.74, 6) is 0.695.